The van der Waals surface area contributed by atoms with E-state index in [4.69, 9.17) is 5.11 Å². The summed E-state index contributed by atoms with van der Waals surface area (Å²) in [4.78, 5) is 15.6. The zero-order chi connectivity index (χ0) is 14.0. The molecule has 0 aliphatic heterocycles. The summed E-state index contributed by atoms with van der Waals surface area (Å²) >= 11 is 0. The predicted octanol–water partition coefficient (Wildman–Crippen LogP) is 2.75. The molecule has 0 heterocycles. The maximum atomic E-state index is 11.7. The number of phenols is 1. The SMILES string of the molecule is C/C=C\C(=NC)NC(=O)c1ccc(O)cc1.CC. The second-order valence-electron chi connectivity index (χ2n) is 3.11. The van der Waals surface area contributed by atoms with Gasteiger partial charge in [-0.05, 0) is 37.3 Å². The van der Waals surface area contributed by atoms with E-state index >= 15 is 0 Å². The topological polar surface area (TPSA) is 61.7 Å². The van der Waals surface area contributed by atoms with Gasteiger partial charge in [0.25, 0.3) is 5.91 Å². The van der Waals surface area contributed by atoms with Gasteiger partial charge in [-0.2, -0.15) is 0 Å². The third-order valence-corrected chi connectivity index (χ3v) is 1.94. The third-order valence-electron chi connectivity index (χ3n) is 1.94. The van der Waals surface area contributed by atoms with Crippen LogP contribution in [0.3, 0.4) is 0 Å². The quantitative estimate of drug-likeness (QED) is 0.624. The van der Waals surface area contributed by atoms with Gasteiger partial charge in [-0.3, -0.25) is 9.79 Å². The average Bonchev–Trinajstić information content (AvgIpc) is 2.41. The Morgan fingerprint density at radius 3 is 2.28 bits per heavy atom. The van der Waals surface area contributed by atoms with Crippen LogP contribution in [0.4, 0.5) is 0 Å². The summed E-state index contributed by atoms with van der Waals surface area (Å²) in [6.45, 7) is 5.85. The lowest BCUT2D eigenvalue weighted by molar-refractivity contribution is 0.0977. The molecule has 1 aromatic carbocycles. The van der Waals surface area contributed by atoms with Gasteiger partial charge < -0.3 is 10.4 Å². The lowest BCUT2D eigenvalue weighted by atomic mass is 10.2. The molecule has 0 unspecified atom stereocenters. The molecule has 0 atom stereocenters. The highest BCUT2D eigenvalue weighted by atomic mass is 16.3. The molecule has 4 heteroatoms. The van der Waals surface area contributed by atoms with Crippen LogP contribution in [-0.4, -0.2) is 23.9 Å². The Hall–Kier alpha value is -2.10. The number of carbonyl (C=O) groups excluding carboxylic acids is 1. The predicted molar refractivity (Wildman–Crippen MR) is 75.1 cm³/mol. The monoisotopic (exact) mass is 248 g/mol. The van der Waals surface area contributed by atoms with Crippen LogP contribution in [0.15, 0.2) is 41.4 Å². The average molecular weight is 248 g/mol. The molecule has 0 aliphatic carbocycles. The molecular formula is C14H20N2O2. The molecule has 1 rings (SSSR count). The first-order chi connectivity index (χ1) is 8.67. The van der Waals surface area contributed by atoms with E-state index in [9.17, 15) is 4.79 Å². The Kier molecular flexibility index (Phi) is 7.94. The van der Waals surface area contributed by atoms with E-state index in [1.54, 1.807) is 31.3 Å². The molecule has 98 valence electrons. The normalized spacial score (nSPS) is 10.8. The summed E-state index contributed by atoms with van der Waals surface area (Å²) in [6.07, 6.45) is 3.50. The maximum Gasteiger partial charge on any atom is 0.256 e. The first kappa shape index (κ1) is 15.9. The summed E-state index contributed by atoms with van der Waals surface area (Å²) in [6, 6.07) is 6.03. The largest absolute Gasteiger partial charge is 0.508 e. The van der Waals surface area contributed by atoms with Gasteiger partial charge in [-0.15, -0.1) is 0 Å². The molecule has 18 heavy (non-hydrogen) atoms. The molecule has 2 N–H and O–H groups in total. The van der Waals surface area contributed by atoms with Crippen LogP contribution < -0.4 is 5.32 Å². The van der Waals surface area contributed by atoms with Crippen molar-refractivity contribution >= 4 is 11.7 Å². The van der Waals surface area contributed by atoms with Crippen molar-refractivity contribution in [2.24, 2.45) is 4.99 Å². The number of carbonyl (C=O) groups is 1. The van der Waals surface area contributed by atoms with E-state index in [1.807, 2.05) is 20.8 Å². The van der Waals surface area contributed by atoms with Gasteiger partial charge in [0.2, 0.25) is 0 Å². The van der Waals surface area contributed by atoms with Gasteiger partial charge in [0.1, 0.15) is 11.6 Å². The van der Waals surface area contributed by atoms with Crippen molar-refractivity contribution in [3.8, 4) is 5.75 Å². The lowest BCUT2D eigenvalue weighted by Crippen LogP contribution is -2.28. The van der Waals surface area contributed by atoms with E-state index in [2.05, 4.69) is 10.3 Å². The molecule has 0 saturated carbocycles. The highest BCUT2D eigenvalue weighted by Crippen LogP contribution is 2.09. The standard InChI is InChI=1S/C12H14N2O2.C2H6/c1-3-4-11(13-2)14-12(16)9-5-7-10(15)8-6-9;1-2/h3-8,15H,1-2H3,(H,13,14,16);1-2H3/b4-3-;. The number of nitrogens with zero attached hydrogens (tertiary/aromatic N) is 1. The Labute approximate surface area is 108 Å². The van der Waals surface area contributed by atoms with Crippen molar-refractivity contribution in [3.05, 3.63) is 42.0 Å². The third kappa shape index (κ3) is 5.30. The van der Waals surface area contributed by atoms with Crippen molar-refractivity contribution in [1.82, 2.24) is 5.32 Å². The van der Waals surface area contributed by atoms with E-state index in [0.29, 0.717) is 11.4 Å². The van der Waals surface area contributed by atoms with Gasteiger partial charge >= 0.3 is 0 Å². The number of rotatable bonds is 2. The molecule has 4 nitrogen and oxygen atoms in total. The molecule has 0 radical (unpaired) electrons. The number of benzene rings is 1. The van der Waals surface area contributed by atoms with Crippen molar-refractivity contribution in [2.45, 2.75) is 20.8 Å². The molecule has 0 fully saturated rings. The molecule has 0 saturated heterocycles. The summed E-state index contributed by atoms with van der Waals surface area (Å²) in [5, 5.41) is 11.7. The van der Waals surface area contributed by atoms with Gasteiger partial charge in [0.15, 0.2) is 0 Å². The number of amides is 1. The number of amidine groups is 1. The number of hydrogen-bond acceptors (Lipinski definition) is 3. The molecule has 0 aromatic heterocycles. The summed E-state index contributed by atoms with van der Waals surface area (Å²) < 4.78 is 0. The van der Waals surface area contributed by atoms with E-state index in [-0.39, 0.29) is 11.7 Å². The van der Waals surface area contributed by atoms with Gasteiger partial charge in [-0.25, -0.2) is 0 Å². The van der Waals surface area contributed by atoms with Crippen molar-refractivity contribution < 1.29 is 9.90 Å². The second kappa shape index (κ2) is 8.98. The van der Waals surface area contributed by atoms with Gasteiger partial charge in [0.05, 0.1) is 0 Å². The molecule has 1 aromatic rings. The first-order valence-corrected chi connectivity index (χ1v) is 5.87. The number of nitrogens with one attached hydrogen (secondary N) is 1. The summed E-state index contributed by atoms with van der Waals surface area (Å²) in [5.74, 6) is 0.383. The molecule has 0 spiro atoms. The smallest absolute Gasteiger partial charge is 0.256 e. The van der Waals surface area contributed by atoms with Crippen LogP contribution in [0.25, 0.3) is 0 Å². The van der Waals surface area contributed by atoms with Crippen LogP contribution in [0, 0.1) is 0 Å². The van der Waals surface area contributed by atoms with Crippen LogP contribution in [0.1, 0.15) is 31.1 Å². The first-order valence-electron chi connectivity index (χ1n) is 5.87. The molecule has 0 bridgehead atoms. The van der Waals surface area contributed by atoms with Crippen LogP contribution >= 0.6 is 0 Å². The summed E-state index contributed by atoms with van der Waals surface area (Å²) in [5.41, 5.74) is 0.475. The number of phenolic OH excluding ortho intramolecular Hbond substituents is 1. The van der Waals surface area contributed by atoms with E-state index in [0.717, 1.165) is 0 Å². The Morgan fingerprint density at radius 2 is 1.83 bits per heavy atom. The Balaban J connectivity index is 0.00000137. The number of aromatic hydroxyl groups is 1. The second-order valence-corrected chi connectivity index (χ2v) is 3.11. The molecule has 0 aliphatic rings. The van der Waals surface area contributed by atoms with Crippen LogP contribution in [0.5, 0.6) is 5.75 Å². The fourth-order valence-corrected chi connectivity index (χ4v) is 1.13. The fraction of sp³-hybridized carbons (Fsp3) is 0.286. The van der Waals surface area contributed by atoms with Crippen molar-refractivity contribution in [2.75, 3.05) is 7.05 Å². The molecule has 1 amide bonds. The zero-order valence-electron chi connectivity index (χ0n) is 11.3. The minimum absolute atomic E-state index is 0.134. The number of hydrogen-bond donors (Lipinski definition) is 2. The van der Waals surface area contributed by atoms with Gasteiger partial charge in [0, 0.05) is 12.6 Å². The van der Waals surface area contributed by atoms with Crippen LogP contribution in [0.2, 0.25) is 0 Å². The van der Waals surface area contributed by atoms with E-state index < -0.39 is 0 Å². The highest BCUT2D eigenvalue weighted by molar-refractivity contribution is 6.10. The molecular weight excluding hydrogens is 228 g/mol. The lowest BCUT2D eigenvalue weighted by Gasteiger charge is -2.04. The van der Waals surface area contributed by atoms with Crippen LogP contribution in [-0.2, 0) is 0 Å². The summed E-state index contributed by atoms with van der Waals surface area (Å²) in [7, 11) is 1.60. The van der Waals surface area contributed by atoms with Crippen molar-refractivity contribution in [3.63, 3.8) is 0 Å². The minimum Gasteiger partial charge on any atom is -0.508 e. The minimum atomic E-state index is -0.251. The fourth-order valence-electron chi connectivity index (χ4n) is 1.13. The van der Waals surface area contributed by atoms with E-state index in [1.165, 1.54) is 12.1 Å². The highest BCUT2D eigenvalue weighted by Gasteiger charge is 2.06. The Morgan fingerprint density at radius 1 is 1.28 bits per heavy atom. The maximum absolute atomic E-state index is 11.7. The van der Waals surface area contributed by atoms with Gasteiger partial charge in [-0.1, -0.05) is 19.9 Å². The zero-order valence-corrected chi connectivity index (χ0v) is 11.3. The number of allylic oxidation sites excluding steroid dienone is 1. The van der Waals surface area contributed by atoms with Crippen molar-refractivity contribution in [1.29, 1.82) is 0 Å². The number of aliphatic imine (C=N–C) groups is 1. The Bertz CT molecular complexity index is 420.